The molecule has 0 radical (unpaired) electrons. The zero-order valence-corrected chi connectivity index (χ0v) is 11.7. The van der Waals surface area contributed by atoms with E-state index in [0.717, 1.165) is 22.3 Å². The summed E-state index contributed by atoms with van der Waals surface area (Å²) in [6, 6.07) is 7.43. The lowest BCUT2D eigenvalue weighted by atomic mass is 10.1. The number of aryl methyl sites for hydroxylation is 2. The molecule has 0 fully saturated rings. The third-order valence-corrected chi connectivity index (χ3v) is 3.28. The van der Waals surface area contributed by atoms with Crippen LogP contribution in [0.5, 0.6) is 0 Å². The fourth-order valence-corrected chi connectivity index (χ4v) is 2.30. The van der Waals surface area contributed by atoms with E-state index in [4.69, 9.17) is 0 Å². The Morgan fingerprint density at radius 3 is 2.76 bits per heavy atom. The molecular formula is C15H14N4O2. The second-order valence-electron chi connectivity index (χ2n) is 4.80. The Balaban J connectivity index is 2.21. The van der Waals surface area contributed by atoms with Crippen LogP contribution in [-0.4, -0.2) is 25.8 Å². The van der Waals surface area contributed by atoms with Gasteiger partial charge in [-0.25, -0.2) is 4.79 Å². The summed E-state index contributed by atoms with van der Waals surface area (Å²) in [7, 11) is 1.82. The highest BCUT2D eigenvalue weighted by molar-refractivity contribution is 6.05. The number of benzene rings is 1. The van der Waals surface area contributed by atoms with Gasteiger partial charge in [-0.15, -0.1) is 0 Å². The number of pyridine rings is 1. The molecule has 6 heteroatoms. The summed E-state index contributed by atoms with van der Waals surface area (Å²) in [5.41, 5.74) is 2.98. The summed E-state index contributed by atoms with van der Waals surface area (Å²) in [5, 5.41) is 17.6. The predicted molar refractivity (Wildman–Crippen MR) is 79.9 cm³/mol. The maximum atomic E-state index is 11.4. The van der Waals surface area contributed by atoms with Crippen LogP contribution in [0.1, 0.15) is 16.1 Å². The van der Waals surface area contributed by atoms with Crippen molar-refractivity contribution in [2.45, 2.75) is 6.92 Å². The molecule has 0 atom stereocenters. The standard InChI is InChI=1S/C15H14N4O2/c1-9-13(8-19(2)18-9)17-14-10-5-3-4-6-12(10)16-7-11(14)15(20)21/h3-8H,1-2H3,(H,16,17)(H,20,21). The number of nitrogens with zero attached hydrogens (tertiary/aromatic N) is 3. The minimum atomic E-state index is -1.02. The van der Waals surface area contributed by atoms with E-state index < -0.39 is 5.97 Å². The van der Waals surface area contributed by atoms with Gasteiger partial charge < -0.3 is 10.4 Å². The SMILES string of the molecule is Cc1nn(C)cc1Nc1c(C(=O)O)cnc2ccccc12. The van der Waals surface area contributed by atoms with Gasteiger partial charge in [-0.3, -0.25) is 9.67 Å². The molecule has 1 aromatic carbocycles. The Morgan fingerprint density at radius 1 is 1.33 bits per heavy atom. The number of carboxylic acid groups (broad SMARTS) is 1. The van der Waals surface area contributed by atoms with E-state index in [9.17, 15) is 9.90 Å². The number of hydrogen-bond acceptors (Lipinski definition) is 4. The monoisotopic (exact) mass is 282 g/mol. The molecule has 2 heterocycles. The van der Waals surface area contributed by atoms with Crippen molar-refractivity contribution in [3.63, 3.8) is 0 Å². The van der Waals surface area contributed by atoms with Crippen molar-refractivity contribution in [2.24, 2.45) is 7.05 Å². The van der Waals surface area contributed by atoms with Gasteiger partial charge in [0.1, 0.15) is 5.56 Å². The smallest absolute Gasteiger partial charge is 0.339 e. The molecule has 3 aromatic rings. The number of anilines is 2. The molecule has 0 aliphatic rings. The zero-order chi connectivity index (χ0) is 15.0. The number of rotatable bonds is 3. The lowest BCUT2D eigenvalue weighted by Gasteiger charge is -2.11. The van der Waals surface area contributed by atoms with Crippen LogP contribution in [0.3, 0.4) is 0 Å². The molecular weight excluding hydrogens is 268 g/mol. The molecule has 2 aromatic heterocycles. The Kier molecular flexibility index (Phi) is 3.06. The summed E-state index contributed by atoms with van der Waals surface area (Å²) < 4.78 is 1.68. The quantitative estimate of drug-likeness (QED) is 0.772. The molecule has 0 aliphatic heterocycles. The van der Waals surface area contributed by atoms with Crippen LogP contribution >= 0.6 is 0 Å². The number of carbonyl (C=O) groups is 1. The van der Waals surface area contributed by atoms with Gasteiger partial charge in [-0.1, -0.05) is 18.2 Å². The number of aromatic nitrogens is 3. The van der Waals surface area contributed by atoms with Crippen molar-refractivity contribution in [1.82, 2.24) is 14.8 Å². The summed E-state index contributed by atoms with van der Waals surface area (Å²) in [6.07, 6.45) is 3.19. The average molecular weight is 282 g/mol. The highest BCUT2D eigenvalue weighted by Crippen LogP contribution is 2.29. The molecule has 2 N–H and O–H groups in total. The van der Waals surface area contributed by atoms with Crippen LogP contribution in [0, 0.1) is 6.92 Å². The molecule has 106 valence electrons. The summed E-state index contributed by atoms with van der Waals surface area (Å²) in [5.74, 6) is -1.02. The molecule has 0 bridgehead atoms. The predicted octanol–water partition coefficient (Wildman–Crippen LogP) is 2.72. The largest absolute Gasteiger partial charge is 0.478 e. The van der Waals surface area contributed by atoms with Crippen molar-refractivity contribution in [2.75, 3.05) is 5.32 Å². The minimum absolute atomic E-state index is 0.136. The van der Waals surface area contributed by atoms with Crippen LogP contribution in [0.4, 0.5) is 11.4 Å². The highest BCUT2D eigenvalue weighted by atomic mass is 16.4. The molecule has 3 rings (SSSR count). The lowest BCUT2D eigenvalue weighted by molar-refractivity contribution is 0.0697. The van der Waals surface area contributed by atoms with Crippen LogP contribution in [0.15, 0.2) is 36.7 Å². The van der Waals surface area contributed by atoms with Crippen molar-refractivity contribution in [3.8, 4) is 0 Å². The normalized spacial score (nSPS) is 10.8. The molecule has 6 nitrogen and oxygen atoms in total. The first-order valence-electron chi connectivity index (χ1n) is 6.44. The van der Waals surface area contributed by atoms with Crippen molar-refractivity contribution < 1.29 is 9.90 Å². The highest BCUT2D eigenvalue weighted by Gasteiger charge is 2.16. The molecule has 0 aliphatic carbocycles. The summed E-state index contributed by atoms with van der Waals surface area (Å²) in [4.78, 5) is 15.6. The molecule has 0 spiro atoms. The van der Waals surface area contributed by atoms with Gasteiger partial charge in [0.15, 0.2) is 0 Å². The van der Waals surface area contributed by atoms with E-state index in [2.05, 4.69) is 15.4 Å². The zero-order valence-electron chi connectivity index (χ0n) is 11.7. The summed E-state index contributed by atoms with van der Waals surface area (Å²) >= 11 is 0. The number of para-hydroxylation sites is 1. The summed E-state index contributed by atoms with van der Waals surface area (Å²) in [6.45, 7) is 1.87. The molecule has 0 amide bonds. The van der Waals surface area contributed by atoms with E-state index in [1.165, 1.54) is 6.20 Å². The van der Waals surface area contributed by atoms with E-state index >= 15 is 0 Å². The molecule has 0 saturated heterocycles. The first-order chi connectivity index (χ1) is 10.1. The maximum absolute atomic E-state index is 11.4. The van der Waals surface area contributed by atoms with Gasteiger partial charge in [0.25, 0.3) is 0 Å². The fraction of sp³-hybridized carbons (Fsp3) is 0.133. The van der Waals surface area contributed by atoms with Crippen molar-refractivity contribution >= 4 is 28.2 Å². The first kappa shape index (κ1) is 13.1. The molecule has 0 saturated carbocycles. The number of aromatic carboxylic acids is 1. The third kappa shape index (κ3) is 2.31. The van der Waals surface area contributed by atoms with Gasteiger partial charge in [-0.05, 0) is 13.0 Å². The van der Waals surface area contributed by atoms with Gasteiger partial charge in [0.2, 0.25) is 0 Å². The topological polar surface area (TPSA) is 80.0 Å². The van der Waals surface area contributed by atoms with Crippen LogP contribution in [0.2, 0.25) is 0 Å². The number of nitrogens with one attached hydrogen (secondary N) is 1. The maximum Gasteiger partial charge on any atom is 0.339 e. The second-order valence-corrected chi connectivity index (χ2v) is 4.80. The average Bonchev–Trinajstić information content (AvgIpc) is 2.77. The van der Waals surface area contributed by atoms with Crippen molar-refractivity contribution in [3.05, 3.63) is 47.9 Å². The number of hydrogen-bond donors (Lipinski definition) is 2. The molecule has 21 heavy (non-hydrogen) atoms. The van der Waals surface area contributed by atoms with Crippen molar-refractivity contribution in [1.29, 1.82) is 0 Å². The fourth-order valence-electron chi connectivity index (χ4n) is 2.30. The molecule has 0 unspecified atom stereocenters. The number of carboxylic acids is 1. The van der Waals surface area contributed by atoms with E-state index in [-0.39, 0.29) is 5.56 Å². The second kappa shape index (κ2) is 4.90. The first-order valence-corrected chi connectivity index (χ1v) is 6.44. The lowest BCUT2D eigenvalue weighted by Crippen LogP contribution is -2.04. The van der Waals surface area contributed by atoms with Crippen LogP contribution in [0.25, 0.3) is 10.9 Å². The Bertz CT molecular complexity index is 839. The minimum Gasteiger partial charge on any atom is -0.478 e. The van der Waals surface area contributed by atoms with E-state index in [0.29, 0.717) is 5.69 Å². The Hall–Kier alpha value is -2.89. The van der Waals surface area contributed by atoms with Gasteiger partial charge in [0.05, 0.1) is 22.6 Å². The Labute approximate surface area is 121 Å². The number of fused-ring (bicyclic) bond motifs is 1. The van der Waals surface area contributed by atoms with Crippen LogP contribution < -0.4 is 5.32 Å². The van der Waals surface area contributed by atoms with Gasteiger partial charge in [-0.2, -0.15) is 5.10 Å². The van der Waals surface area contributed by atoms with Gasteiger partial charge in [0, 0.05) is 24.8 Å². The van der Waals surface area contributed by atoms with Crippen LogP contribution in [-0.2, 0) is 7.05 Å². The van der Waals surface area contributed by atoms with E-state index in [1.54, 1.807) is 4.68 Å². The Morgan fingerprint density at radius 2 is 2.10 bits per heavy atom. The van der Waals surface area contributed by atoms with Gasteiger partial charge >= 0.3 is 5.97 Å². The van der Waals surface area contributed by atoms with E-state index in [1.807, 2.05) is 44.4 Å². The third-order valence-electron chi connectivity index (χ3n) is 3.28.